The van der Waals surface area contributed by atoms with E-state index in [0.717, 1.165) is 0 Å². The van der Waals surface area contributed by atoms with Crippen LogP contribution < -0.4 is 0 Å². The smallest absolute Gasteiger partial charge is 0.0656 e. The van der Waals surface area contributed by atoms with Crippen LogP contribution in [0.4, 0.5) is 0 Å². The molecule has 0 aromatic carbocycles. The van der Waals surface area contributed by atoms with E-state index in [0.29, 0.717) is 0 Å². The second-order valence-corrected chi connectivity index (χ2v) is 20.8. The fraction of sp³-hybridized carbons (Fsp3) is 0.672. The molecule has 0 aromatic heterocycles. The van der Waals surface area contributed by atoms with Crippen LogP contribution in [0.2, 0.25) is 0 Å². The van der Waals surface area contributed by atoms with E-state index in [9.17, 15) is 94.7 Å². The molecule has 0 aromatic rings. The third kappa shape index (κ3) is 29.8. The van der Waals surface area contributed by atoms with E-state index >= 15 is 0 Å². The Bertz CT molecular complexity index is 2880. The van der Waals surface area contributed by atoms with Crippen LogP contribution in [0.5, 0.6) is 0 Å². The number of rotatable bonds is 38. The third-order valence-electron chi connectivity index (χ3n) is 14.4. The van der Waals surface area contributed by atoms with Gasteiger partial charge in [0.1, 0.15) is 0 Å². The Morgan fingerprint density at radius 2 is 0.309 bits per heavy atom. The largest absolute Gasteiger partial charge is 0.198 e. The molecule has 0 saturated heterocycles. The Morgan fingerprint density at radius 1 is 0.185 bits per heavy atom. The molecule has 0 fully saturated rings. The molecule has 19 unspecified atom stereocenters. The predicted molar refractivity (Wildman–Crippen MR) is 283 cm³/mol. The molecule has 81 heavy (non-hydrogen) atoms. The van der Waals surface area contributed by atoms with Gasteiger partial charge >= 0.3 is 0 Å². The van der Waals surface area contributed by atoms with E-state index in [4.69, 9.17) is 10.5 Å². The van der Waals surface area contributed by atoms with Gasteiger partial charge in [-0.25, -0.2) is 0 Å². The van der Waals surface area contributed by atoms with E-state index < -0.39 is 112 Å². The summed E-state index contributed by atoms with van der Waals surface area (Å²) in [5.41, 5.74) is 0. The second-order valence-electron chi connectivity index (χ2n) is 20.8. The Balaban J connectivity index is 0. The van der Waals surface area contributed by atoms with Gasteiger partial charge in [-0.05, 0) is 129 Å². The van der Waals surface area contributed by atoms with Crippen LogP contribution in [0.1, 0.15) is 143 Å². The molecule has 0 heterocycles. The number of hydrogen-bond donors (Lipinski definition) is 0. The molecular formula is C61H66N20. The summed E-state index contributed by atoms with van der Waals surface area (Å²) in [4.78, 5) is 0. The van der Waals surface area contributed by atoms with E-state index in [2.05, 4.69) is 115 Å². The van der Waals surface area contributed by atoms with Crippen LogP contribution in [-0.2, 0) is 0 Å². The zero-order valence-electron chi connectivity index (χ0n) is 45.1. The molecular weight excluding hydrogens is 1010 g/mol. The molecule has 0 N–H and O–H groups in total. The molecule has 410 valence electrons. The molecule has 0 aliphatic carbocycles. The Morgan fingerprint density at radius 3 is 0.420 bits per heavy atom. The lowest BCUT2D eigenvalue weighted by molar-refractivity contribution is 0.317. The van der Waals surface area contributed by atoms with Crippen LogP contribution in [0.25, 0.3) is 0 Å². The quantitative estimate of drug-likeness (QED) is 0.0554. The molecule has 20 heteroatoms. The lowest BCUT2D eigenvalue weighted by Crippen LogP contribution is -2.19. The van der Waals surface area contributed by atoms with Gasteiger partial charge in [0, 0.05) is 119 Å². The highest BCUT2D eigenvalue weighted by Crippen LogP contribution is 2.36. The first kappa shape index (κ1) is 72.9. The van der Waals surface area contributed by atoms with Crippen LogP contribution in [-0.4, -0.2) is 0 Å². The summed E-state index contributed by atoms with van der Waals surface area (Å²) in [5, 5.41) is 197. The topological polar surface area (TPSA) is 476 Å². The number of hydrogen-bond acceptors (Lipinski definition) is 20. The van der Waals surface area contributed by atoms with Gasteiger partial charge in [0.15, 0.2) is 0 Å². The Kier molecular flexibility index (Phi) is 39.5. The molecule has 0 bridgehead atoms. The summed E-state index contributed by atoms with van der Waals surface area (Å²) < 4.78 is 0. The zero-order valence-corrected chi connectivity index (χ0v) is 45.1. The molecule has 0 amide bonds. The van der Waals surface area contributed by atoms with Crippen molar-refractivity contribution in [3.63, 3.8) is 0 Å². The summed E-state index contributed by atoms with van der Waals surface area (Å²) in [7, 11) is 0. The lowest BCUT2D eigenvalue weighted by atomic mass is 9.77. The van der Waals surface area contributed by atoms with Crippen molar-refractivity contribution in [2.45, 2.75) is 143 Å². The van der Waals surface area contributed by atoms with Gasteiger partial charge in [-0.15, -0.1) is 0 Å². The standard InChI is InChI=1S/C60H62N20.CH4/c1-42(23-62)5-44(25-64)7-46(27-66)9-48(29-68)11-50(31-70)13-52(33-72)15-54(35-74)17-56(37-76)19-58(39-78)21-60(41-80)22-59(40-79)20-57(38-77)18-55(36-75)16-53(34-73)14-51(32-71)12-49(30-69)10-47(28-67)8-45(26-65)6-43(24-63)3-2-4-61;/h42-60H,2-3,5-22H2,1H3;1H4. The highest BCUT2D eigenvalue weighted by molar-refractivity contribution is 5.06. The normalized spacial score (nSPS) is 16.9. The summed E-state index contributed by atoms with van der Waals surface area (Å²) >= 11 is 0. The first-order valence-electron chi connectivity index (χ1n) is 26.5. The maximum atomic E-state index is 10.1. The summed E-state index contributed by atoms with van der Waals surface area (Å²) in [6.45, 7) is 1.67. The Labute approximate surface area is 479 Å². The van der Waals surface area contributed by atoms with E-state index in [1.165, 1.54) is 0 Å². The van der Waals surface area contributed by atoms with Gasteiger partial charge in [0.05, 0.1) is 121 Å². The molecule has 0 saturated carbocycles. The second kappa shape index (κ2) is 43.9. The van der Waals surface area contributed by atoms with Crippen molar-refractivity contribution in [2.75, 3.05) is 0 Å². The maximum Gasteiger partial charge on any atom is 0.0656 e. The third-order valence-corrected chi connectivity index (χ3v) is 14.4. The summed E-state index contributed by atoms with van der Waals surface area (Å²) in [5.74, 6) is -14.5. The average Bonchev–Trinajstić information content (AvgIpc) is 3.48. The van der Waals surface area contributed by atoms with Crippen molar-refractivity contribution in [3.05, 3.63) is 0 Å². The zero-order chi connectivity index (χ0) is 60.3. The number of nitriles is 20. The Hall–Kier alpha value is -10.2. The lowest BCUT2D eigenvalue weighted by Gasteiger charge is -2.22. The predicted octanol–water partition coefficient (Wildman–Crippen LogP) is 11.6. The molecule has 0 radical (unpaired) electrons. The minimum atomic E-state index is -0.872. The highest BCUT2D eigenvalue weighted by atomic mass is 14.4. The SMILES string of the molecule is C.CC(C#N)CC(C#N)CC(C#N)CC(C#N)CC(C#N)CC(C#N)CC(C#N)CC(C#N)CC(C#N)CC(C#N)CC(C#N)CC(C#N)CC(C#N)CC(C#N)CC(C#N)CC(C#N)CC(C#N)CC(C#N)CC(C#N)CCC#N. The summed E-state index contributed by atoms with van der Waals surface area (Å²) in [6.07, 6.45) is 0.909. The van der Waals surface area contributed by atoms with Crippen LogP contribution in [0.3, 0.4) is 0 Å². The van der Waals surface area contributed by atoms with Gasteiger partial charge in [-0.1, -0.05) is 7.43 Å². The van der Waals surface area contributed by atoms with Gasteiger partial charge < -0.3 is 0 Å². The average molecular weight is 1080 g/mol. The van der Waals surface area contributed by atoms with Crippen molar-refractivity contribution in [3.8, 4) is 121 Å². The van der Waals surface area contributed by atoms with Gasteiger partial charge in [0.2, 0.25) is 0 Å². The van der Waals surface area contributed by atoms with Crippen LogP contribution in [0, 0.1) is 339 Å². The van der Waals surface area contributed by atoms with Crippen LogP contribution >= 0.6 is 0 Å². The fourth-order valence-electron chi connectivity index (χ4n) is 10.2. The molecule has 20 nitrogen and oxygen atoms in total. The van der Waals surface area contributed by atoms with Gasteiger partial charge in [-0.3, -0.25) is 0 Å². The maximum absolute atomic E-state index is 10.1. The molecule has 0 spiro atoms. The van der Waals surface area contributed by atoms with E-state index in [-0.39, 0.29) is 136 Å². The van der Waals surface area contributed by atoms with Crippen molar-refractivity contribution in [1.29, 1.82) is 105 Å². The minimum Gasteiger partial charge on any atom is -0.198 e. The molecule has 0 rings (SSSR count). The monoisotopic (exact) mass is 1080 g/mol. The van der Waals surface area contributed by atoms with E-state index in [1.54, 1.807) is 6.92 Å². The minimum absolute atomic E-state index is 0. The van der Waals surface area contributed by atoms with Crippen molar-refractivity contribution in [2.24, 2.45) is 112 Å². The van der Waals surface area contributed by atoms with Crippen molar-refractivity contribution < 1.29 is 0 Å². The molecule has 19 atom stereocenters. The van der Waals surface area contributed by atoms with Gasteiger partial charge in [0.25, 0.3) is 0 Å². The summed E-state index contributed by atoms with van der Waals surface area (Å²) in [6, 6.07) is 42.1. The molecule has 0 aliphatic rings. The molecule has 0 aliphatic heterocycles. The van der Waals surface area contributed by atoms with Crippen LogP contribution in [0.15, 0.2) is 0 Å². The van der Waals surface area contributed by atoms with Crippen molar-refractivity contribution in [1.82, 2.24) is 0 Å². The number of nitrogens with zero attached hydrogens (tertiary/aromatic N) is 20. The van der Waals surface area contributed by atoms with E-state index in [1.807, 2.05) is 6.07 Å². The first-order chi connectivity index (χ1) is 38.6. The highest BCUT2D eigenvalue weighted by Gasteiger charge is 2.32. The first-order valence-corrected chi connectivity index (χ1v) is 26.5. The van der Waals surface area contributed by atoms with Crippen molar-refractivity contribution >= 4 is 0 Å². The fourth-order valence-corrected chi connectivity index (χ4v) is 10.2. The van der Waals surface area contributed by atoms with Gasteiger partial charge in [-0.2, -0.15) is 105 Å².